The van der Waals surface area contributed by atoms with E-state index in [2.05, 4.69) is 25.9 Å². The van der Waals surface area contributed by atoms with Crippen LogP contribution in [0.4, 0.5) is 0 Å². The molecular weight excluding hydrogens is 263 g/mol. The first-order valence-corrected chi connectivity index (χ1v) is 4.71. The molecule has 2 nitrogen and oxygen atoms in total. The Kier molecular flexibility index (Phi) is 2.02. The number of pyridine rings is 1. The van der Waals surface area contributed by atoms with Crippen molar-refractivity contribution in [2.24, 2.45) is 0 Å². The predicted molar refractivity (Wildman–Crippen MR) is 53.8 cm³/mol. The van der Waals surface area contributed by atoms with Gasteiger partial charge >= 0.3 is 0 Å². The van der Waals surface area contributed by atoms with Crippen LogP contribution in [0.2, 0.25) is 10.0 Å². The lowest BCUT2D eigenvalue weighted by Crippen LogP contribution is -1.77. The summed E-state index contributed by atoms with van der Waals surface area (Å²) in [6.45, 7) is 0. The largest absolute Gasteiger partial charge is 0.345 e. The van der Waals surface area contributed by atoms with Gasteiger partial charge in [0.25, 0.3) is 0 Å². The molecule has 0 amide bonds. The van der Waals surface area contributed by atoms with Crippen molar-refractivity contribution in [3.63, 3.8) is 0 Å². The van der Waals surface area contributed by atoms with Gasteiger partial charge in [-0.3, -0.25) is 0 Å². The minimum absolute atomic E-state index is 0.587. The molecule has 0 aliphatic carbocycles. The van der Waals surface area contributed by atoms with E-state index in [-0.39, 0.29) is 0 Å². The molecule has 12 heavy (non-hydrogen) atoms. The van der Waals surface area contributed by atoms with Gasteiger partial charge in [0.05, 0.1) is 19.9 Å². The van der Waals surface area contributed by atoms with Gasteiger partial charge in [-0.1, -0.05) is 23.2 Å². The zero-order valence-electron chi connectivity index (χ0n) is 5.74. The number of halogens is 3. The summed E-state index contributed by atoms with van der Waals surface area (Å²) in [7, 11) is 0. The third-order valence-electron chi connectivity index (χ3n) is 1.55. The number of hydrogen-bond acceptors (Lipinski definition) is 1. The highest BCUT2D eigenvalue weighted by Crippen LogP contribution is 2.33. The number of aromatic nitrogens is 2. The summed E-state index contributed by atoms with van der Waals surface area (Å²) >= 11 is 15.1. The molecule has 0 saturated carbocycles. The smallest absolute Gasteiger partial charge is 0.140 e. The highest BCUT2D eigenvalue weighted by molar-refractivity contribution is 9.10. The number of fused-ring (bicyclic) bond motifs is 1. The Morgan fingerprint density at radius 2 is 2.17 bits per heavy atom. The van der Waals surface area contributed by atoms with Crippen molar-refractivity contribution in [2.45, 2.75) is 0 Å². The molecule has 2 rings (SSSR count). The van der Waals surface area contributed by atoms with Crippen molar-refractivity contribution in [3.8, 4) is 0 Å². The molecule has 0 fully saturated rings. The Morgan fingerprint density at radius 3 is 2.92 bits per heavy atom. The van der Waals surface area contributed by atoms with Gasteiger partial charge < -0.3 is 4.98 Å². The van der Waals surface area contributed by atoms with Gasteiger partial charge in [-0.25, -0.2) is 4.98 Å². The normalized spacial score (nSPS) is 10.9. The van der Waals surface area contributed by atoms with Crippen LogP contribution in [0.15, 0.2) is 16.9 Å². The lowest BCUT2D eigenvalue weighted by molar-refractivity contribution is 1.31. The van der Waals surface area contributed by atoms with Crippen molar-refractivity contribution in [1.82, 2.24) is 9.97 Å². The number of H-pyrrole nitrogens is 1. The summed E-state index contributed by atoms with van der Waals surface area (Å²) in [5, 5.41) is 1.93. The molecule has 0 saturated heterocycles. The molecule has 0 aliphatic heterocycles. The summed E-state index contributed by atoms with van der Waals surface area (Å²) in [5.74, 6) is 0. The van der Waals surface area contributed by atoms with Gasteiger partial charge in [-0.05, 0) is 15.9 Å². The van der Waals surface area contributed by atoms with Gasteiger partial charge in [0.2, 0.25) is 0 Å². The molecule has 0 bridgehead atoms. The topological polar surface area (TPSA) is 28.7 Å². The van der Waals surface area contributed by atoms with Crippen molar-refractivity contribution < 1.29 is 0 Å². The molecule has 0 unspecified atom stereocenters. The standard InChI is InChI=1S/C7H3BrCl2N2/c8-3-1-11-7-5(6(3)10)4(9)2-12-7/h1-2H,(H,11,12). The Hall–Kier alpha value is -0.250. The molecule has 2 aromatic heterocycles. The Bertz CT molecular complexity index is 438. The van der Waals surface area contributed by atoms with Gasteiger partial charge in [0, 0.05) is 12.4 Å². The third kappa shape index (κ3) is 1.13. The first-order valence-electron chi connectivity index (χ1n) is 3.16. The van der Waals surface area contributed by atoms with Gasteiger partial charge in [-0.2, -0.15) is 0 Å². The number of rotatable bonds is 0. The maximum atomic E-state index is 5.98. The summed E-state index contributed by atoms with van der Waals surface area (Å²) in [5.41, 5.74) is 0.702. The second-order valence-corrected chi connectivity index (χ2v) is 3.92. The Balaban J connectivity index is 2.96. The van der Waals surface area contributed by atoms with E-state index in [1.165, 1.54) is 0 Å². The van der Waals surface area contributed by atoms with Crippen molar-refractivity contribution in [1.29, 1.82) is 0 Å². The van der Waals surface area contributed by atoms with Crippen LogP contribution >= 0.6 is 39.1 Å². The maximum Gasteiger partial charge on any atom is 0.140 e. The molecule has 0 atom stereocenters. The fraction of sp³-hybridized carbons (Fsp3) is 0. The zero-order chi connectivity index (χ0) is 8.72. The summed E-state index contributed by atoms with van der Waals surface area (Å²) in [6.07, 6.45) is 3.30. The average molecular weight is 266 g/mol. The van der Waals surface area contributed by atoms with Crippen LogP contribution in [0, 0.1) is 0 Å². The van der Waals surface area contributed by atoms with Crippen molar-refractivity contribution in [2.75, 3.05) is 0 Å². The molecule has 1 N–H and O–H groups in total. The lowest BCUT2D eigenvalue weighted by Gasteiger charge is -1.96. The Morgan fingerprint density at radius 1 is 1.42 bits per heavy atom. The Labute approximate surface area is 87.0 Å². The van der Waals surface area contributed by atoms with Crippen LogP contribution in [-0.4, -0.2) is 9.97 Å². The molecule has 0 aromatic carbocycles. The second-order valence-electron chi connectivity index (χ2n) is 2.28. The SMILES string of the molecule is Clc1c[nH]c2ncc(Br)c(Cl)c12. The average Bonchev–Trinajstić information content (AvgIpc) is 2.41. The summed E-state index contributed by atoms with van der Waals surface area (Å²) in [4.78, 5) is 7.00. The van der Waals surface area contributed by atoms with Crippen LogP contribution < -0.4 is 0 Å². The first-order chi connectivity index (χ1) is 5.70. The van der Waals surface area contributed by atoms with E-state index in [0.29, 0.717) is 15.7 Å². The molecule has 62 valence electrons. The quantitative estimate of drug-likeness (QED) is 0.774. The molecular formula is C7H3BrCl2N2. The minimum Gasteiger partial charge on any atom is -0.345 e. The van der Waals surface area contributed by atoms with E-state index in [1.54, 1.807) is 12.4 Å². The van der Waals surface area contributed by atoms with E-state index in [0.717, 1.165) is 9.86 Å². The monoisotopic (exact) mass is 264 g/mol. The van der Waals surface area contributed by atoms with Gasteiger partial charge in [0.15, 0.2) is 0 Å². The maximum absolute atomic E-state index is 5.98. The number of nitrogens with zero attached hydrogens (tertiary/aromatic N) is 1. The lowest BCUT2D eigenvalue weighted by atomic mass is 10.3. The van der Waals surface area contributed by atoms with Crippen molar-refractivity contribution in [3.05, 3.63) is 26.9 Å². The molecule has 0 spiro atoms. The fourth-order valence-corrected chi connectivity index (χ4v) is 1.82. The van der Waals surface area contributed by atoms with Gasteiger partial charge in [-0.15, -0.1) is 0 Å². The van der Waals surface area contributed by atoms with E-state index in [4.69, 9.17) is 23.2 Å². The van der Waals surface area contributed by atoms with E-state index in [1.807, 2.05) is 0 Å². The summed E-state index contributed by atoms with van der Waals surface area (Å²) < 4.78 is 0.748. The third-order valence-corrected chi connectivity index (χ3v) is 3.07. The fourth-order valence-electron chi connectivity index (χ4n) is 0.997. The summed E-state index contributed by atoms with van der Waals surface area (Å²) in [6, 6.07) is 0. The van der Waals surface area contributed by atoms with E-state index in [9.17, 15) is 0 Å². The second kappa shape index (κ2) is 2.91. The molecule has 0 radical (unpaired) electrons. The first kappa shape index (κ1) is 8.35. The van der Waals surface area contributed by atoms with Crippen LogP contribution in [0.3, 0.4) is 0 Å². The minimum atomic E-state index is 0.587. The molecule has 0 aliphatic rings. The van der Waals surface area contributed by atoms with Crippen molar-refractivity contribution >= 4 is 50.2 Å². The van der Waals surface area contributed by atoms with Crippen LogP contribution in [0.25, 0.3) is 11.0 Å². The molecule has 2 aromatic rings. The molecule has 2 heterocycles. The number of nitrogens with one attached hydrogen (secondary N) is 1. The highest BCUT2D eigenvalue weighted by Gasteiger charge is 2.09. The number of hydrogen-bond donors (Lipinski definition) is 1. The zero-order valence-corrected chi connectivity index (χ0v) is 8.83. The van der Waals surface area contributed by atoms with Gasteiger partial charge in [0.1, 0.15) is 5.65 Å². The van der Waals surface area contributed by atoms with Crippen LogP contribution in [0.1, 0.15) is 0 Å². The highest BCUT2D eigenvalue weighted by atomic mass is 79.9. The van der Waals surface area contributed by atoms with E-state index >= 15 is 0 Å². The van der Waals surface area contributed by atoms with Crippen LogP contribution in [0.5, 0.6) is 0 Å². The van der Waals surface area contributed by atoms with Crippen LogP contribution in [-0.2, 0) is 0 Å². The predicted octanol–water partition coefficient (Wildman–Crippen LogP) is 3.63. The van der Waals surface area contributed by atoms with E-state index < -0.39 is 0 Å². The molecule has 5 heteroatoms. The number of aromatic amines is 1.